The standard InChI is InChI=1S/C13H24N2O3/c1-13(18,8-16)7-14-12(17)6-9-4-10-2-3-11(5-9)15-10/h9-11,15-16,18H,2-8H2,1H3,(H,14,17). The van der Waals surface area contributed by atoms with E-state index in [1.807, 2.05) is 0 Å². The van der Waals surface area contributed by atoms with E-state index >= 15 is 0 Å². The molecule has 2 aliphatic heterocycles. The van der Waals surface area contributed by atoms with E-state index in [4.69, 9.17) is 5.11 Å². The second kappa shape index (κ2) is 5.55. The number of nitrogens with one attached hydrogen (secondary N) is 2. The number of hydrogen-bond acceptors (Lipinski definition) is 4. The molecular formula is C13H24N2O3. The van der Waals surface area contributed by atoms with Crippen LogP contribution in [0.5, 0.6) is 0 Å². The van der Waals surface area contributed by atoms with Crippen molar-refractivity contribution in [2.24, 2.45) is 5.92 Å². The maximum atomic E-state index is 11.8. The largest absolute Gasteiger partial charge is 0.393 e. The molecule has 2 saturated heterocycles. The molecule has 3 unspecified atom stereocenters. The number of aliphatic hydroxyl groups excluding tert-OH is 1. The van der Waals surface area contributed by atoms with Gasteiger partial charge in [-0.25, -0.2) is 0 Å². The van der Waals surface area contributed by atoms with E-state index in [-0.39, 0.29) is 19.1 Å². The summed E-state index contributed by atoms with van der Waals surface area (Å²) in [6.45, 7) is 1.28. The van der Waals surface area contributed by atoms with Gasteiger partial charge in [0.1, 0.15) is 5.60 Å². The van der Waals surface area contributed by atoms with Crippen LogP contribution in [0.2, 0.25) is 0 Å². The second-order valence-electron chi connectivity index (χ2n) is 6.11. The van der Waals surface area contributed by atoms with Crippen LogP contribution in [0.25, 0.3) is 0 Å². The minimum Gasteiger partial charge on any atom is -0.393 e. The number of carbonyl (C=O) groups is 1. The van der Waals surface area contributed by atoms with Crippen molar-refractivity contribution in [1.82, 2.24) is 10.6 Å². The predicted molar refractivity (Wildman–Crippen MR) is 68.0 cm³/mol. The number of fused-ring (bicyclic) bond motifs is 2. The summed E-state index contributed by atoms with van der Waals surface area (Å²) in [5.74, 6) is 0.442. The van der Waals surface area contributed by atoms with Gasteiger partial charge in [-0.1, -0.05) is 0 Å². The Morgan fingerprint density at radius 3 is 2.56 bits per heavy atom. The Kier molecular flexibility index (Phi) is 4.25. The maximum absolute atomic E-state index is 11.8. The van der Waals surface area contributed by atoms with Crippen molar-refractivity contribution >= 4 is 5.91 Å². The average molecular weight is 256 g/mol. The van der Waals surface area contributed by atoms with Crippen molar-refractivity contribution in [3.05, 3.63) is 0 Å². The monoisotopic (exact) mass is 256 g/mol. The highest BCUT2D eigenvalue weighted by atomic mass is 16.3. The number of piperidine rings is 1. The smallest absolute Gasteiger partial charge is 0.220 e. The second-order valence-corrected chi connectivity index (χ2v) is 6.11. The van der Waals surface area contributed by atoms with Crippen LogP contribution in [0.3, 0.4) is 0 Å². The Morgan fingerprint density at radius 1 is 1.39 bits per heavy atom. The third-order valence-corrected chi connectivity index (χ3v) is 4.05. The molecule has 0 aromatic rings. The Morgan fingerprint density at radius 2 is 2.00 bits per heavy atom. The zero-order valence-electron chi connectivity index (χ0n) is 11.0. The lowest BCUT2D eigenvalue weighted by atomic mass is 9.89. The Labute approximate surface area is 108 Å². The first kappa shape index (κ1) is 13.8. The average Bonchev–Trinajstić information content (AvgIpc) is 2.66. The topological polar surface area (TPSA) is 81.6 Å². The summed E-state index contributed by atoms with van der Waals surface area (Å²) in [6, 6.07) is 1.20. The van der Waals surface area contributed by atoms with Gasteiger partial charge in [-0.2, -0.15) is 0 Å². The summed E-state index contributed by atoms with van der Waals surface area (Å²) in [6.07, 6.45) is 5.18. The SMILES string of the molecule is CC(O)(CO)CNC(=O)CC1CC2CCC(C1)N2. The van der Waals surface area contributed by atoms with Gasteiger partial charge in [0.25, 0.3) is 0 Å². The molecule has 2 bridgehead atoms. The van der Waals surface area contributed by atoms with Gasteiger partial charge in [0.2, 0.25) is 5.91 Å². The predicted octanol–water partition coefficient (Wildman–Crippen LogP) is -0.233. The molecule has 18 heavy (non-hydrogen) atoms. The lowest BCUT2D eigenvalue weighted by Gasteiger charge is -2.29. The highest BCUT2D eigenvalue weighted by molar-refractivity contribution is 5.76. The zero-order chi connectivity index (χ0) is 13.2. The fraction of sp³-hybridized carbons (Fsp3) is 0.923. The van der Waals surface area contributed by atoms with Crippen molar-refractivity contribution in [1.29, 1.82) is 0 Å². The molecule has 0 radical (unpaired) electrons. The first-order chi connectivity index (χ1) is 8.48. The van der Waals surface area contributed by atoms with Gasteiger partial charge < -0.3 is 20.8 Å². The van der Waals surface area contributed by atoms with Crippen molar-refractivity contribution in [2.75, 3.05) is 13.2 Å². The molecule has 0 saturated carbocycles. The Balaban J connectivity index is 1.71. The zero-order valence-corrected chi connectivity index (χ0v) is 11.0. The van der Waals surface area contributed by atoms with Gasteiger partial charge in [0, 0.05) is 25.0 Å². The van der Waals surface area contributed by atoms with Crippen molar-refractivity contribution < 1.29 is 15.0 Å². The highest BCUT2D eigenvalue weighted by Gasteiger charge is 2.34. The van der Waals surface area contributed by atoms with Crippen LogP contribution in [0.1, 0.15) is 39.0 Å². The van der Waals surface area contributed by atoms with Crippen LogP contribution in [-0.2, 0) is 4.79 Å². The van der Waals surface area contributed by atoms with Gasteiger partial charge in [-0.15, -0.1) is 0 Å². The van der Waals surface area contributed by atoms with Crippen LogP contribution in [0.4, 0.5) is 0 Å². The van der Waals surface area contributed by atoms with Gasteiger partial charge in [-0.3, -0.25) is 4.79 Å². The number of rotatable bonds is 5. The van der Waals surface area contributed by atoms with E-state index in [1.54, 1.807) is 0 Å². The molecule has 0 aromatic heterocycles. The molecule has 5 nitrogen and oxygen atoms in total. The van der Waals surface area contributed by atoms with Gasteiger partial charge >= 0.3 is 0 Å². The van der Waals surface area contributed by atoms with E-state index in [1.165, 1.54) is 19.8 Å². The third-order valence-electron chi connectivity index (χ3n) is 4.05. The molecule has 104 valence electrons. The lowest BCUT2D eigenvalue weighted by Crippen LogP contribution is -2.44. The number of amides is 1. The number of aliphatic hydroxyl groups is 2. The molecule has 5 heteroatoms. The number of hydrogen-bond donors (Lipinski definition) is 4. The minimum absolute atomic E-state index is 0.0185. The lowest BCUT2D eigenvalue weighted by molar-refractivity contribution is -0.123. The fourth-order valence-corrected chi connectivity index (χ4v) is 3.02. The minimum atomic E-state index is -1.22. The summed E-state index contributed by atoms with van der Waals surface area (Å²) < 4.78 is 0. The number of carbonyl (C=O) groups excluding carboxylic acids is 1. The molecule has 0 aromatic carbocycles. The summed E-state index contributed by atoms with van der Waals surface area (Å²) >= 11 is 0. The van der Waals surface area contributed by atoms with E-state index < -0.39 is 5.60 Å². The van der Waals surface area contributed by atoms with E-state index in [0.29, 0.717) is 24.4 Å². The molecule has 2 heterocycles. The normalized spacial score (nSPS) is 34.1. The summed E-state index contributed by atoms with van der Waals surface area (Å²) in [5, 5.41) is 24.7. The van der Waals surface area contributed by atoms with Crippen molar-refractivity contribution in [2.45, 2.75) is 56.7 Å². The van der Waals surface area contributed by atoms with Crippen LogP contribution in [0.15, 0.2) is 0 Å². The van der Waals surface area contributed by atoms with Crippen LogP contribution >= 0.6 is 0 Å². The summed E-state index contributed by atoms with van der Waals surface area (Å²) in [4.78, 5) is 11.8. The molecule has 0 spiro atoms. The molecule has 4 N–H and O–H groups in total. The Hall–Kier alpha value is -0.650. The third kappa shape index (κ3) is 3.67. The molecule has 2 rings (SSSR count). The molecule has 0 aliphatic carbocycles. The summed E-state index contributed by atoms with van der Waals surface area (Å²) in [7, 11) is 0. The van der Waals surface area contributed by atoms with Crippen LogP contribution in [0, 0.1) is 5.92 Å². The van der Waals surface area contributed by atoms with Crippen LogP contribution < -0.4 is 10.6 Å². The Bertz CT molecular complexity index is 295. The first-order valence-corrected chi connectivity index (χ1v) is 6.84. The van der Waals surface area contributed by atoms with Crippen molar-refractivity contribution in [3.63, 3.8) is 0 Å². The van der Waals surface area contributed by atoms with Crippen LogP contribution in [-0.4, -0.2) is 47.0 Å². The molecule has 1 amide bonds. The fourth-order valence-electron chi connectivity index (χ4n) is 3.02. The highest BCUT2D eigenvalue weighted by Crippen LogP contribution is 2.32. The van der Waals surface area contributed by atoms with Gasteiger partial charge in [0.15, 0.2) is 0 Å². The first-order valence-electron chi connectivity index (χ1n) is 6.84. The van der Waals surface area contributed by atoms with Crippen molar-refractivity contribution in [3.8, 4) is 0 Å². The quantitative estimate of drug-likeness (QED) is 0.547. The molecule has 2 fully saturated rings. The maximum Gasteiger partial charge on any atom is 0.220 e. The molecule has 2 aliphatic rings. The van der Waals surface area contributed by atoms with Gasteiger partial charge in [-0.05, 0) is 38.5 Å². The molecular weight excluding hydrogens is 232 g/mol. The van der Waals surface area contributed by atoms with Gasteiger partial charge in [0.05, 0.1) is 6.61 Å². The summed E-state index contributed by atoms with van der Waals surface area (Å²) in [5.41, 5.74) is -1.22. The van der Waals surface area contributed by atoms with E-state index in [2.05, 4.69) is 10.6 Å². The molecule has 3 atom stereocenters. The van der Waals surface area contributed by atoms with E-state index in [9.17, 15) is 9.90 Å². The van der Waals surface area contributed by atoms with E-state index in [0.717, 1.165) is 12.8 Å².